The van der Waals surface area contributed by atoms with Crippen LogP contribution in [0.4, 0.5) is 4.39 Å². The fraction of sp³-hybridized carbons (Fsp3) is 0.238. The number of nitrogens with one attached hydrogen (secondary N) is 1. The molecule has 0 aliphatic rings. The van der Waals surface area contributed by atoms with Crippen molar-refractivity contribution in [3.05, 3.63) is 64.9 Å². The van der Waals surface area contributed by atoms with E-state index in [9.17, 15) is 9.18 Å². The molecule has 1 aromatic heterocycles. The Labute approximate surface area is 167 Å². The Kier molecular flexibility index (Phi) is 6.60. The third-order valence-corrected chi connectivity index (χ3v) is 4.86. The molecule has 0 atom stereocenters. The number of rotatable bonds is 8. The number of hydrogen-bond donors (Lipinski definition) is 1. The Morgan fingerprint density at radius 1 is 1.21 bits per heavy atom. The molecule has 0 spiro atoms. The van der Waals surface area contributed by atoms with Gasteiger partial charge in [-0.3, -0.25) is 4.79 Å². The number of hydrogen-bond acceptors (Lipinski definition) is 5. The van der Waals surface area contributed by atoms with Gasteiger partial charge in [0.25, 0.3) is 5.91 Å². The highest BCUT2D eigenvalue weighted by molar-refractivity contribution is 7.13. The second-order valence-corrected chi connectivity index (χ2v) is 6.93. The van der Waals surface area contributed by atoms with Gasteiger partial charge in [0.05, 0.1) is 7.11 Å². The molecule has 0 saturated carbocycles. The van der Waals surface area contributed by atoms with Crippen LogP contribution in [0.5, 0.6) is 11.5 Å². The van der Waals surface area contributed by atoms with Crippen molar-refractivity contribution >= 4 is 17.2 Å². The van der Waals surface area contributed by atoms with Crippen molar-refractivity contribution in [3.63, 3.8) is 0 Å². The first-order chi connectivity index (χ1) is 13.6. The number of nitrogens with zero attached hydrogens (tertiary/aromatic N) is 1. The van der Waals surface area contributed by atoms with Gasteiger partial charge < -0.3 is 14.8 Å². The molecular weight excluding hydrogens is 379 g/mol. The second-order valence-electron chi connectivity index (χ2n) is 6.08. The molecule has 0 aliphatic heterocycles. The van der Waals surface area contributed by atoms with Crippen LogP contribution in [-0.2, 0) is 6.61 Å². The average Bonchev–Trinajstić information content (AvgIpc) is 3.20. The largest absolute Gasteiger partial charge is 0.497 e. The van der Waals surface area contributed by atoms with E-state index in [0.717, 1.165) is 17.7 Å². The van der Waals surface area contributed by atoms with Gasteiger partial charge in [-0.05, 0) is 36.2 Å². The van der Waals surface area contributed by atoms with Crippen molar-refractivity contribution in [1.82, 2.24) is 10.3 Å². The van der Waals surface area contributed by atoms with E-state index in [1.807, 2.05) is 31.2 Å². The van der Waals surface area contributed by atoms with Crippen LogP contribution < -0.4 is 14.8 Å². The topological polar surface area (TPSA) is 60.5 Å². The van der Waals surface area contributed by atoms with Gasteiger partial charge in [-0.25, -0.2) is 9.37 Å². The Morgan fingerprint density at radius 2 is 2.07 bits per heavy atom. The number of carbonyl (C=O) groups is 1. The number of aromatic nitrogens is 1. The van der Waals surface area contributed by atoms with Crippen molar-refractivity contribution in [1.29, 1.82) is 0 Å². The molecule has 0 unspecified atom stereocenters. The van der Waals surface area contributed by atoms with E-state index in [-0.39, 0.29) is 5.91 Å². The normalized spacial score (nSPS) is 10.5. The molecule has 3 rings (SSSR count). The minimum Gasteiger partial charge on any atom is -0.497 e. The van der Waals surface area contributed by atoms with Crippen molar-refractivity contribution in [2.75, 3.05) is 13.7 Å². The van der Waals surface area contributed by atoms with Gasteiger partial charge in [0.2, 0.25) is 0 Å². The molecule has 3 aromatic rings. The Morgan fingerprint density at radius 3 is 2.82 bits per heavy atom. The molecule has 0 saturated heterocycles. The minimum absolute atomic E-state index is 0.247. The molecule has 0 radical (unpaired) electrons. The summed E-state index contributed by atoms with van der Waals surface area (Å²) < 4.78 is 25.4. The Bertz CT molecular complexity index is 958. The summed E-state index contributed by atoms with van der Waals surface area (Å²) in [4.78, 5) is 16.2. The predicted molar refractivity (Wildman–Crippen MR) is 107 cm³/mol. The summed E-state index contributed by atoms with van der Waals surface area (Å²) in [5, 5.41) is 4.85. The van der Waals surface area contributed by atoms with Crippen molar-refractivity contribution in [2.45, 2.75) is 20.0 Å². The molecule has 2 aromatic carbocycles. The van der Waals surface area contributed by atoms with E-state index in [4.69, 9.17) is 9.47 Å². The molecule has 0 aliphatic carbocycles. The van der Waals surface area contributed by atoms with Gasteiger partial charge in [-0.15, -0.1) is 11.3 Å². The van der Waals surface area contributed by atoms with Crippen LogP contribution in [0.1, 0.15) is 29.4 Å². The van der Waals surface area contributed by atoms with Crippen LogP contribution in [0.15, 0.2) is 47.8 Å². The quantitative estimate of drug-likeness (QED) is 0.597. The number of amides is 1. The second kappa shape index (κ2) is 9.32. The summed E-state index contributed by atoms with van der Waals surface area (Å²) in [6.45, 7) is 2.86. The summed E-state index contributed by atoms with van der Waals surface area (Å²) in [6.07, 6.45) is 0.842. The maximum atomic E-state index is 14.6. The van der Waals surface area contributed by atoms with Crippen LogP contribution in [0.25, 0.3) is 10.6 Å². The number of ether oxygens (including phenoxy) is 2. The SMILES string of the molecule is CCCNC(=O)c1csc(-c2ccc(OCc3cccc(OC)c3)cc2F)n1. The Balaban J connectivity index is 1.68. The molecule has 146 valence electrons. The van der Waals surface area contributed by atoms with Gasteiger partial charge in [0.15, 0.2) is 0 Å². The molecular formula is C21H21FN2O3S. The third kappa shape index (κ3) is 4.86. The first-order valence-corrected chi connectivity index (χ1v) is 9.78. The fourth-order valence-electron chi connectivity index (χ4n) is 2.52. The van der Waals surface area contributed by atoms with Gasteiger partial charge in [0.1, 0.15) is 34.6 Å². The average molecular weight is 400 g/mol. The van der Waals surface area contributed by atoms with Crippen LogP contribution in [0.3, 0.4) is 0 Å². The van der Waals surface area contributed by atoms with E-state index in [1.54, 1.807) is 24.6 Å². The van der Waals surface area contributed by atoms with Crippen LogP contribution in [-0.4, -0.2) is 24.5 Å². The van der Waals surface area contributed by atoms with E-state index in [1.165, 1.54) is 17.4 Å². The highest BCUT2D eigenvalue weighted by Gasteiger charge is 2.14. The minimum atomic E-state index is -0.446. The summed E-state index contributed by atoms with van der Waals surface area (Å²) in [5.74, 6) is 0.465. The van der Waals surface area contributed by atoms with Crippen molar-refractivity contribution in [2.24, 2.45) is 0 Å². The van der Waals surface area contributed by atoms with Gasteiger partial charge in [-0.1, -0.05) is 19.1 Å². The molecule has 28 heavy (non-hydrogen) atoms. The van der Waals surface area contributed by atoms with Crippen molar-refractivity contribution in [3.8, 4) is 22.1 Å². The van der Waals surface area contributed by atoms with E-state index in [0.29, 0.717) is 35.2 Å². The van der Waals surface area contributed by atoms with E-state index < -0.39 is 5.82 Å². The molecule has 0 fully saturated rings. The summed E-state index contributed by atoms with van der Waals surface area (Å²) in [7, 11) is 1.60. The highest BCUT2D eigenvalue weighted by Crippen LogP contribution is 2.29. The fourth-order valence-corrected chi connectivity index (χ4v) is 3.35. The maximum Gasteiger partial charge on any atom is 0.270 e. The zero-order valence-corrected chi connectivity index (χ0v) is 16.5. The monoisotopic (exact) mass is 400 g/mol. The first-order valence-electron chi connectivity index (χ1n) is 8.90. The number of carbonyl (C=O) groups excluding carboxylic acids is 1. The molecule has 1 heterocycles. The predicted octanol–water partition coefficient (Wildman–Crippen LogP) is 4.68. The summed E-state index contributed by atoms with van der Waals surface area (Å²) >= 11 is 1.23. The summed E-state index contributed by atoms with van der Waals surface area (Å²) in [6, 6.07) is 12.1. The number of halogens is 1. The lowest BCUT2D eigenvalue weighted by atomic mass is 10.2. The van der Waals surface area contributed by atoms with Gasteiger partial charge in [-0.2, -0.15) is 0 Å². The lowest BCUT2D eigenvalue weighted by Crippen LogP contribution is -2.24. The molecule has 5 nitrogen and oxygen atoms in total. The summed E-state index contributed by atoms with van der Waals surface area (Å²) in [5.41, 5.74) is 1.56. The lowest BCUT2D eigenvalue weighted by molar-refractivity contribution is 0.0949. The number of thiazole rings is 1. The smallest absolute Gasteiger partial charge is 0.270 e. The third-order valence-electron chi connectivity index (χ3n) is 3.98. The molecule has 1 N–H and O–H groups in total. The zero-order chi connectivity index (χ0) is 19.9. The standard InChI is InChI=1S/C21H21FN2O3S/c1-3-9-23-20(25)19-13-28-21(24-19)17-8-7-16(11-18(17)22)27-12-14-5-4-6-15(10-14)26-2/h4-8,10-11,13H,3,9,12H2,1-2H3,(H,23,25). The molecule has 0 bridgehead atoms. The maximum absolute atomic E-state index is 14.6. The highest BCUT2D eigenvalue weighted by atomic mass is 32.1. The van der Waals surface area contributed by atoms with Crippen LogP contribution in [0.2, 0.25) is 0 Å². The number of methoxy groups -OCH3 is 1. The Hall–Kier alpha value is -2.93. The number of benzene rings is 2. The lowest BCUT2D eigenvalue weighted by Gasteiger charge is -2.09. The van der Waals surface area contributed by atoms with Gasteiger partial charge in [0, 0.05) is 23.6 Å². The van der Waals surface area contributed by atoms with Crippen LogP contribution >= 0.6 is 11.3 Å². The zero-order valence-electron chi connectivity index (χ0n) is 15.7. The van der Waals surface area contributed by atoms with E-state index >= 15 is 0 Å². The first kappa shape index (κ1) is 19.8. The molecule has 7 heteroatoms. The van der Waals surface area contributed by atoms with Gasteiger partial charge >= 0.3 is 0 Å². The molecule has 1 amide bonds. The van der Waals surface area contributed by atoms with Crippen molar-refractivity contribution < 1.29 is 18.7 Å². The van der Waals surface area contributed by atoms with E-state index in [2.05, 4.69) is 10.3 Å². The van der Waals surface area contributed by atoms with Crippen LogP contribution in [0, 0.1) is 5.82 Å².